The van der Waals surface area contributed by atoms with E-state index in [1.165, 1.54) is 5.56 Å². The number of pyridine rings is 1. The maximum absolute atomic E-state index is 12.4. The molecule has 1 aliphatic heterocycles. The quantitative estimate of drug-likeness (QED) is 0.848. The van der Waals surface area contributed by atoms with Crippen LogP contribution in [-0.2, 0) is 4.79 Å². The van der Waals surface area contributed by atoms with Crippen molar-refractivity contribution in [3.63, 3.8) is 0 Å². The number of hydrogen-bond donors (Lipinski definition) is 0. The fraction of sp³-hybridized carbons (Fsp3) is 0.368. The second-order valence-electron chi connectivity index (χ2n) is 6.01. The van der Waals surface area contributed by atoms with Crippen molar-refractivity contribution in [3.8, 4) is 11.5 Å². The van der Waals surface area contributed by atoms with Crippen molar-refractivity contribution < 1.29 is 14.3 Å². The van der Waals surface area contributed by atoms with Gasteiger partial charge >= 0.3 is 0 Å². The first kappa shape index (κ1) is 16.3. The largest absolute Gasteiger partial charge is 0.488 e. The van der Waals surface area contributed by atoms with Gasteiger partial charge in [-0.05, 0) is 44.0 Å². The van der Waals surface area contributed by atoms with E-state index in [0.717, 1.165) is 30.9 Å². The Bertz CT molecular complexity index is 658. The van der Waals surface area contributed by atoms with E-state index in [0.29, 0.717) is 6.54 Å². The van der Waals surface area contributed by atoms with Crippen molar-refractivity contribution in [2.24, 2.45) is 0 Å². The topological polar surface area (TPSA) is 51.7 Å². The SMILES string of the molecule is Cc1ccc(OCC(=O)N2CCCC(Oc3ccncc3)C2)cc1. The van der Waals surface area contributed by atoms with Crippen LogP contribution in [0.2, 0.25) is 0 Å². The lowest BCUT2D eigenvalue weighted by Crippen LogP contribution is -2.46. The van der Waals surface area contributed by atoms with Crippen molar-refractivity contribution in [2.45, 2.75) is 25.9 Å². The molecule has 0 saturated carbocycles. The first-order valence-corrected chi connectivity index (χ1v) is 8.24. The van der Waals surface area contributed by atoms with E-state index in [4.69, 9.17) is 9.47 Å². The Morgan fingerprint density at radius 1 is 1.17 bits per heavy atom. The summed E-state index contributed by atoms with van der Waals surface area (Å²) in [4.78, 5) is 18.2. The number of ether oxygens (including phenoxy) is 2. The maximum atomic E-state index is 12.4. The summed E-state index contributed by atoms with van der Waals surface area (Å²) in [6.07, 6.45) is 5.31. The predicted molar refractivity (Wildman–Crippen MR) is 91.1 cm³/mol. The number of likely N-dealkylation sites (tertiary alicyclic amines) is 1. The molecule has 126 valence electrons. The molecule has 1 unspecified atom stereocenters. The van der Waals surface area contributed by atoms with Crippen LogP contribution < -0.4 is 9.47 Å². The molecule has 1 atom stereocenters. The van der Waals surface area contributed by atoms with Crippen LogP contribution in [0.1, 0.15) is 18.4 Å². The van der Waals surface area contributed by atoms with Gasteiger partial charge in [-0.25, -0.2) is 0 Å². The minimum atomic E-state index is -0.00129. The summed E-state index contributed by atoms with van der Waals surface area (Å²) in [5.74, 6) is 1.51. The smallest absolute Gasteiger partial charge is 0.260 e. The highest BCUT2D eigenvalue weighted by molar-refractivity contribution is 5.77. The molecule has 24 heavy (non-hydrogen) atoms. The van der Waals surface area contributed by atoms with E-state index in [-0.39, 0.29) is 18.6 Å². The monoisotopic (exact) mass is 326 g/mol. The summed E-state index contributed by atoms with van der Waals surface area (Å²) in [5, 5.41) is 0. The van der Waals surface area contributed by atoms with Crippen LogP contribution in [0.25, 0.3) is 0 Å². The van der Waals surface area contributed by atoms with Crippen LogP contribution in [0.5, 0.6) is 11.5 Å². The number of rotatable bonds is 5. The third-order valence-electron chi connectivity index (χ3n) is 4.07. The molecule has 1 fully saturated rings. The number of carbonyl (C=O) groups excluding carboxylic acids is 1. The minimum Gasteiger partial charge on any atom is -0.488 e. The van der Waals surface area contributed by atoms with Crippen molar-refractivity contribution >= 4 is 5.91 Å². The number of nitrogens with zero attached hydrogens (tertiary/aromatic N) is 2. The van der Waals surface area contributed by atoms with Gasteiger partial charge in [-0.1, -0.05) is 17.7 Å². The van der Waals surface area contributed by atoms with Gasteiger partial charge in [0.2, 0.25) is 0 Å². The molecule has 0 radical (unpaired) electrons. The molecule has 5 nitrogen and oxygen atoms in total. The zero-order valence-electron chi connectivity index (χ0n) is 13.9. The zero-order valence-corrected chi connectivity index (χ0v) is 13.9. The molecule has 0 spiro atoms. The van der Waals surface area contributed by atoms with Gasteiger partial charge in [0, 0.05) is 18.9 Å². The Labute approximate surface area is 142 Å². The Morgan fingerprint density at radius 2 is 1.92 bits per heavy atom. The van der Waals surface area contributed by atoms with Crippen LogP contribution in [0, 0.1) is 6.92 Å². The molecule has 2 aromatic rings. The van der Waals surface area contributed by atoms with Crippen LogP contribution >= 0.6 is 0 Å². The van der Waals surface area contributed by atoms with Crippen LogP contribution in [0.3, 0.4) is 0 Å². The van der Waals surface area contributed by atoms with E-state index >= 15 is 0 Å². The fourth-order valence-corrected chi connectivity index (χ4v) is 2.74. The fourth-order valence-electron chi connectivity index (χ4n) is 2.74. The number of carbonyl (C=O) groups is 1. The van der Waals surface area contributed by atoms with E-state index in [1.54, 1.807) is 12.4 Å². The standard InChI is InChI=1S/C19H22N2O3/c1-15-4-6-16(7-5-15)23-14-19(22)21-12-2-3-18(13-21)24-17-8-10-20-11-9-17/h4-11,18H,2-3,12-14H2,1H3. The Kier molecular flexibility index (Phi) is 5.31. The summed E-state index contributed by atoms with van der Waals surface area (Å²) < 4.78 is 11.5. The van der Waals surface area contributed by atoms with E-state index in [9.17, 15) is 4.79 Å². The highest BCUT2D eigenvalue weighted by atomic mass is 16.5. The third kappa shape index (κ3) is 4.47. The minimum absolute atomic E-state index is 0.00129. The highest BCUT2D eigenvalue weighted by Crippen LogP contribution is 2.18. The van der Waals surface area contributed by atoms with Crippen LogP contribution in [-0.4, -0.2) is 41.6 Å². The highest BCUT2D eigenvalue weighted by Gasteiger charge is 2.25. The lowest BCUT2D eigenvalue weighted by molar-refractivity contribution is -0.136. The van der Waals surface area contributed by atoms with Gasteiger partial charge < -0.3 is 14.4 Å². The van der Waals surface area contributed by atoms with Crippen LogP contribution in [0.4, 0.5) is 0 Å². The molecule has 0 aliphatic carbocycles. The zero-order chi connectivity index (χ0) is 16.8. The van der Waals surface area contributed by atoms with Crippen molar-refractivity contribution in [1.82, 2.24) is 9.88 Å². The summed E-state index contributed by atoms with van der Waals surface area (Å²) in [6, 6.07) is 11.4. The first-order chi connectivity index (χ1) is 11.7. The molecule has 2 heterocycles. The van der Waals surface area contributed by atoms with Gasteiger partial charge in [0.1, 0.15) is 17.6 Å². The Balaban J connectivity index is 1.50. The van der Waals surface area contributed by atoms with E-state index in [1.807, 2.05) is 48.2 Å². The first-order valence-electron chi connectivity index (χ1n) is 8.24. The lowest BCUT2D eigenvalue weighted by Gasteiger charge is -2.32. The third-order valence-corrected chi connectivity index (χ3v) is 4.07. The normalized spacial score (nSPS) is 17.4. The summed E-state index contributed by atoms with van der Waals surface area (Å²) in [7, 11) is 0. The predicted octanol–water partition coefficient (Wildman–Crippen LogP) is 2.84. The Hall–Kier alpha value is -2.56. The van der Waals surface area contributed by atoms with Gasteiger partial charge in [-0.3, -0.25) is 9.78 Å². The molecule has 1 amide bonds. The van der Waals surface area contributed by atoms with Crippen molar-refractivity contribution in [3.05, 3.63) is 54.4 Å². The number of hydrogen-bond acceptors (Lipinski definition) is 4. The number of aromatic nitrogens is 1. The average molecular weight is 326 g/mol. The van der Waals surface area contributed by atoms with E-state index in [2.05, 4.69) is 4.98 Å². The van der Waals surface area contributed by atoms with Crippen LogP contribution in [0.15, 0.2) is 48.8 Å². The molecule has 1 aromatic carbocycles. The second kappa shape index (κ2) is 7.81. The number of amides is 1. The van der Waals surface area contributed by atoms with Gasteiger partial charge in [-0.2, -0.15) is 0 Å². The molecule has 1 aromatic heterocycles. The van der Waals surface area contributed by atoms with Gasteiger partial charge in [-0.15, -0.1) is 0 Å². The van der Waals surface area contributed by atoms with E-state index < -0.39 is 0 Å². The molecule has 0 bridgehead atoms. The Morgan fingerprint density at radius 3 is 2.67 bits per heavy atom. The van der Waals surface area contributed by atoms with Gasteiger partial charge in [0.15, 0.2) is 6.61 Å². The van der Waals surface area contributed by atoms with Gasteiger partial charge in [0.05, 0.1) is 6.54 Å². The van der Waals surface area contributed by atoms with Gasteiger partial charge in [0.25, 0.3) is 5.91 Å². The number of aryl methyl sites for hydroxylation is 1. The summed E-state index contributed by atoms with van der Waals surface area (Å²) >= 11 is 0. The summed E-state index contributed by atoms with van der Waals surface area (Å²) in [5.41, 5.74) is 1.17. The lowest BCUT2D eigenvalue weighted by atomic mass is 10.1. The molecular formula is C19H22N2O3. The van der Waals surface area contributed by atoms with Crippen molar-refractivity contribution in [2.75, 3.05) is 19.7 Å². The average Bonchev–Trinajstić information content (AvgIpc) is 2.62. The second-order valence-corrected chi connectivity index (χ2v) is 6.01. The molecule has 1 saturated heterocycles. The molecule has 0 N–H and O–H groups in total. The molecule has 1 aliphatic rings. The number of benzene rings is 1. The van der Waals surface area contributed by atoms with Crippen molar-refractivity contribution in [1.29, 1.82) is 0 Å². The number of piperidine rings is 1. The molecule has 5 heteroatoms. The summed E-state index contributed by atoms with van der Waals surface area (Å²) in [6.45, 7) is 3.43. The molecule has 3 rings (SSSR count). The maximum Gasteiger partial charge on any atom is 0.260 e. The molecular weight excluding hydrogens is 304 g/mol.